The molecule has 0 bridgehead atoms. The van der Waals surface area contributed by atoms with E-state index in [-0.39, 0.29) is 29.8 Å². The highest BCUT2D eigenvalue weighted by molar-refractivity contribution is 7.70. The molecule has 4 aromatic rings. The summed E-state index contributed by atoms with van der Waals surface area (Å²) in [5.74, 6) is -0.437. The second kappa shape index (κ2) is 7.97. The van der Waals surface area contributed by atoms with Gasteiger partial charge in [0, 0.05) is 13.0 Å². The maximum absolute atomic E-state index is 12.6. The molecule has 1 N–H and O–H groups in total. The molecule has 0 unspecified atom stereocenters. The minimum atomic E-state index is -2.69. The number of hydrogen-bond donors (Lipinski definition) is 2. The predicted molar refractivity (Wildman–Crippen MR) is 105 cm³/mol. The largest absolute Gasteiger partial charge is 0.418 e. The first kappa shape index (κ1) is 18.4. The van der Waals surface area contributed by atoms with Crippen molar-refractivity contribution < 1.29 is 17.6 Å². The third-order valence-electron chi connectivity index (χ3n) is 3.93. The van der Waals surface area contributed by atoms with Crippen molar-refractivity contribution in [3.63, 3.8) is 0 Å². The Balaban J connectivity index is 1.55. The molecular formula is C18H14N4O4S2. The van der Waals surface area contributed by atoms with Gasteiger partial charge in [-0.3, -0.25) is 4.79 Å². The molecule has 0 fully saturated rings. The van der Waals surface area contributed by atoms with Crippen LogP contribution in [0.25, 0.3) is 21.3 Å². The molecule has 4 rings (SSSR count). The van der Waals surface area contributed by atoms with E-state index in [0.29, 0.717) is 0 Å². The van der Waals surface area contributed by atoms with Crippen molar-refractivity contribution in [3.05, 3.63) is 65.3 Å². The van der Waals surface area contributed by atoms with Gasteiger partial charge in [-0.15, -0.1) is 21.5 Å². The molecule has 8 nitrogen and oxygen atoms in total. The second-order valence-corrected chi connectivity index (χ2v) is 7.67. The van der Waals surface area contributed by atoms with Gasteiger partial charge < -0.3 is 4.42 Å². The Kier molecular flexibility index (Phi) is 5.24. The van der Waals surface area contributed by atoms with Crippen molar-refractivity contribution in [3.8, 4) is 11.1 Å². The number of fused-ring (bicyclic) bond motifs is 1. The van der Waals surface area contributed by atoms with Crippen molar-refractivity contribution in [1.82, 2.24) is 19.9 Å². The number of nitrogens with zero attached hydrogens (tertiary/aromatic N) is 3. The Labute approximate surface area is 165 Å². The fourth-order valence-electron chi connectivity index (χ4n) is 2.62. The smallest absolute Gasteiger partial charge is 0.291 e. The summed E-state index contributed by atoms with van der Waals surface area (Å²) in [5.41, 5.74) is 2.84. The monoisotopic (exact) mass is 414 g/mol. The molecule has 0 spiro atoms. The number of ketones is 1. The maximum atomic E-state index is 12.6. The van der Waals surface area contributed by atoms with Crippen LogP contribution >= 0.6 is 11.3 Å². The Bertz CT molecular complexity index is 1210. The first-order valence-corrected chi connectivity index (χ1v) is 10.3. The van der Waals surface area contributed by atoms with Crippen LogP contribution in [-0.2, 0) is 17.3 Å². The number of carbonyl (C=O) groups excluding carboxylic acids is 1. The molecule has 2 aromatic carbocycles. The number of rotatable bonds is 7. The van der Waals surface area contributed by atoms with Crippen LogP contribution in [0.1, 0.15) is 21.6 Å². The van der Waals surface area contributed by atoms with Gasteiger partial charge in [0.25, 0.3) is 11.7 Å². The molecule has 0 amide bonds. The second-order valence-electron chi connectivity index (χ2n) is 5.81. The van der Waals surface area contributed by atoms with Crippen LogP contribution in [0.4, 0.5) is 0 Å². The number of thiol groups is 1. The molecule has 0 saturated carbocycles. The van der Waals surface area contributed by atoms with Gasteiger partial charge in [-0.25, -0.2) is 18.1 Å². The average Bonchev–Trinajstić information content (AvgIpc) is 3.34. The summed E-state index contributed by atoms with van der Waals surface area (Å²) in [7, 11) is -2.69. The predicted octanol–water partition coefficient (Wildman–Crippen LogP) is 2.24. The summed E-state index contributed by atoms with van der Waals surface area (Å²) in [6, 6.07) is 15.8. The first-order chi connectivity index (χ1) is 13.6. The zero-order valence-electron chi connectivity index (χ0n) is 14.4. The summed E-state index contributed by atoms with van der Waals surface area (Å²) >= 11 is 1.26. The van der Waals surface area contributed by atoms with E-state index in [1.54, 1.807) is 0 Å². The molecule has 0 aliphatic carbocycles. The van der Waals surface area contributed by atoms with Gasteiger partial charge >= 0.3 is 0 Å². The highest BCUT2D eigenvalue weighted by atomic mass is 32.2. The molecule has 0 radical (unpaired) electrons. The summed E-state index contributed by atoms with van der Waals surface area (Å²) < 4.78 is 29.4. The van der Waals surface area contributed by atoms with Crippen molar-refractivity contribution in [2.45, 2.75) is 6.42 Å². The molecule has 0 saturated heterocycles. The van der Waals surface area contributed by atoms with Crippen LogP contribution in [0.5, 0.6) is 0 Å². The van der Waals surface area contributed by atoms with E-state index in [9.17, 15) is 13.2 Å². The summed E-state index contributed by atoms with van der Waals surface area (Å²) in [5, 5.41) is 7.78. The molecule has 0 aliphatic heterocycles. The van der Waals surface area contributed by atoms with Crippen LogP contribution < -0.4 is 4.72 Å². The van der Waals surface area contributed by atoms with E-state index in [1.807, 2.05) is 48.5 Å². The number of hydrogen-bond acceptors (Lipinski definition) is 8. The summed E-state index contributed by atoms with van der Waals surface area (Å²) in [6.07, 6.45) is 0.198. The molecule has 10 heteroatoms. The highest BCUT2D eigenvalue weighted by Gasteiger charge is 2.21. The molecule has 28 heavy (non-hydrogen) atoms. The maximum Gasteiger partial charge on any atom is 0.291 e. The van der Waals surface area contributed by atoms with Crippen molar-refractivity contribution in [1.29, 1.82) is 0 Å². The van der Waals surface area contributed by atoms with Crippen LogP contribution in [0.15, 0.2) is 52.9 Å². The van der Waals surface area contributed by atoms with Crippen molar-refractivity contribution in [2.75, 3.05) is 6.54 Å². The Morgan fingerprint density at radius 2 is 1.89 bits per heavy atom. The number of carbonyl (C=O) groups is 1. The van der Waals surface area contributed by atoms with E-state index in [4.69, 9.17) is 4.42 Å². The Morgan fingerprint density at radius 3 is 2.68 bits per heavy atom. The van der Waals surface area contributed by atoms with Gasteiger partial charge in [0.2, 0.25) is 16.8 Å². The third-order valence-corrected chi connectivity index (χ3v) is 5.43. The minimum absolute atomic E-state index is 0.123. The SMILES string of the molecule is O=C(c1nnc(CCN[SH](=O)=O)o1)c1nc2ccc(-c3ccccc3)cc2s1. The van der Waals surface area contributed by atoms with E-state index in [2.05, 4.69) is 19.9 Å². The van der Waals surface area contributed by atoms with Gasteiger partial charge in [-0.2, -0.15) is 0 Å². The number of thiazole rings is 1. The van der Waals surface area contributed by atoms with Crippen LogP contribution in [-0.4, -0.2) is 35.9 Å². The lowest BCUT2D eigenvalue weighted by Gasteiger charge is -2.00. The van der Waals surface area contributed by atoms with Crippen molar-refractivity contribution >= 4 is 38.2 Å². The molecule has 2 aromatic heterocycles. The third kappa shape index (κ3) is 3.98. The van der Waals surface area contributed by atoms with Gasteiger partial charge in [0.15, 0.2) is 5.01 Å². The molecule has 0 aliphatic rings. The quantitative estimate of drug-likeness (QED) is 0.352. The molecule has 2 heterocycles. The van der Waals surface area contributed by atoms with Gasteiger partial charge in [0.05, 0.1) is 10.2 Å². The standard InChI is InChI=1S/C18H14N4O4S2/c23-16(17-22-21-15(26-17)8-9-19-28(24)25)18-20-13-7-6-12(10-14(13)27-18)11-4-2-1-3-5-11/h1-7,10,28H,8-9H2,(H,19,24,25). The average molecular weight is 414 g/mol. The number of aromatic nitrogens is 3. The van der Waals surface area contributed by atoms with Gasteiger partial charge in [-0.05, 0) is 23.3 Å². The number of nitrogens with one attached hydrogen (secondary N) is 1. The molecular weight excluding hydrogens is 400 g/mol. The van der Waals surface area contributed by atoms with Crippen molar-refractivity contribution in [2.24, 2.45) is 0 Å². The summed E-state index contributed by atoms with van der Waals surface area (Å²) in [4.78, 5) is 17.0. The fraction of sp³-hybridized carbons (Fsp3) is 0.111. The fourth-order valence-corrected chi connectivity index (χ4v) is 3.85. The molecule has 0 atom stereocenters. The van der Waals surface area contributed by atoms with Crippen LogP contribution in [0.3, 0.4) is 0 Å². The minimum Gasteiger partial charge on any atom is -0.418 e. The van der Waals surface area contributed by atoms with Crippen LogP contribution in [0.2, 0.25) is 0 Å². The lowest BCUT2D eigenvalue weighted by Crippen LogP contribution is -2.14. The topological polar surface area (TPSA) is 115 Å². The summed E-state index contributed by atoms with van der Waals surface area (Å²) in [6.45, 7) is 0.123. The van der Waals surface area contributed by atoms with E-state index in [1.165, 1.54) is 11.3 Å². The Morgan fingerprint density at radius 1 is 1.07 bits per heavy atom. The van der Waals surface area contributed by atoms with Crippen LogP contribution in [0, 0.1) is 0 Å². The normalized spacial score (nSPS) is 11.3. The highest BCUT2D eigenvalue weighted by Crippen LogP contribution is 2.29. The van der Waals surface area contributed by atoms with E-state index in [0.717, 1.165) is 21.3 Å². The Hall–Kier alpha value is -2.95. The lowest BCUT2D eigenvalue weighted by atomic mass is 10.1. The lowest BCUT2D eigenvalue weighted by molar-refractivity contribution is 0.100. The van der Waals surface area contributed by atoms with E-state index >= 15 is 0 Å². The molecule has 142 valence electrons. The van der Waals surface area contributed by atoms with Gasteiger partial charge in [-0.1, -0.05) is 36.4 Å². The number of benzene rings is 2. The van der Waals surface area contributed by atoms with E-state index < -0.39 is 16.7 Å². The first-order valence-electron chi connectivity index (χ1n) is 8.31. The zero-order chi connectivity index (χ0) is 19.5. The zero-order valence-corrected chi connectivity index (χ0v) is 16.1. The van der Waals surface area contributed by atoms with Gasteiger partial charge in [0.1, 0.15) is 0 Å².